The number of carboxylic acids is 1. The molecule has 0 saturated carbocycles. The van der Waals surface area contributed by atoms with Crippen LogP contribution in [0.1, 0.15) is 22.3 Å². The van der Waals surface area contributed by atoms with Crippen LogP contribution in [0, 0.1) is 12.7 Å². The molecule has 0 saturated heterocycles. The van der Waals surface area contributed by atoms with Gasteiger partial charge in [-0.15, -0.1) is 0 Å². The first-order chi connectivity index (χ1) is 8.29. The summed E-state index contributed by atoms with van der Waals surface area (Å²) in [5.41, 5.74) is -0.529. The molecule has 0 fully saturated rings. The highest BCUT2D eigenvalue weighted by molar-refractivity contribution is 7.91. The van der Waals surface area contributed by atoms with E-state index in [2.05, 4.69) is 0 Å². The van der Waals surface area contributed by atoms with Gasteiger partial charge in [0.2, 0.25) is 0 Å². The molecule has 1 aromatic rings. The number of hydrogen-bond donors (Lipinski definition) is 2. The summed E-state index contributed by atoms with van der Waals surface area (Å²) in [6.45, 7) is 0.964. The Morgan fingerprint density at radius 2 is 2.00 bits per heavy atom. The van der Waals surface area contributed by atoms with Gasteiger partial charge in [-0.3, -0.25) is 0 Å². The SMILES string of the molecule is Cc1c(F)cc(C(=O)O)cc1S(=O)(=O)CCCO. The van der Waals surface area contributed by atoms with Crippen LogP contribution in [0.4, 0.5) is 4.39 Å². The van der Waals surface area contributed by atoms with Crippen molar-refractivity contribution in [2.45, 2.75) is 18.2 Å². The average molecular weight is 276 g/mol. The van der Waals surface area contributed by atoms with Crippen molar-refractivity contribution in [3.8, 4) is 0 Å². The van der Waals surface area contributed by atoms with Crippen molar-refractivity contribution in [2.75, 3.05) is 12.4 Å². The normalized spacial score (nSPS) is 11.5. The number of rotatable bonds is 5. The monoisotopic (exact) mass is 276 g/mol. The Kier molecular flexibility index (Phi) is 4.42. The molecular formula is C11H13FO5S. The third-order valence-electron chi connectivity index (χ3n) is 2.45. The Hall–Kier alpha value is -1.47. The molecule has 0 unspecified atom stereocenters. The minimum absolute atomic E-state index is 0.0146. The fourth-order valence-electron chi connectivity index (χ4n) is 1.46. The van der Waals surface area contributed by atoms with E-state index in [1.54, 1.807) is 0 Å². The van der Waals surface area contributed by atoms with E-state index in [-0.39, 0.29) is 29.2 Å². The van der Waals surface area contributed by atoms with Gasteiger partial charge >= 0.3 is 5.97 Å². The van der Waals surface area contributed by atoms with Gasteiger partial charge in [-0.05, 0) is 25.5 Å². The van der Waals surface area contributed by atoms with Crippen LogP contribution in [0.3, 0.4) is 0 Å². The summed E-state index contributed by atoms with van der Waals surface area (Å²) < 4.78 is 37.2. The zero-order valence-corrected chi connectivity index (χ0v) is 10.5. The lowest BCUT2D eigenvalue weighted by molar-refractivity contribution is 0.0696. The van der Waals surface area contributed by atoms with Gasteiger partial charge < -0.3 is 10.2 Å². The highest BCUT2D eigenvalue weighted by atomic mass is 32.2. The van der Waals surface area contributed by atoms with Gasteiger partial charge in [-0.1, -0.05) is 0 Å². The van der Waals surface area contributed by atoms with Crippen molar-refractivity contribution in [1.29, 1.82) is 0 Å². The van der Waals surface area contributed by atoms with Crippen molar-refractivity contribution in [1.82, 2.24) is 0 Å². The van der Waals surface area contributed by atoms with Gasteiger partial charge in [0, 0.05) is 12.2 Å². The van der Waals surface area contributed by atoms with Crippen LogP contribution in [0.15, 0.2) is 17.0 Å². The molecule has 0 aliphatic heterocycles. The third-order valence-corrected chi connectivity index (χ3v) is 4.37. The maximum atomic E-state index is 13.5. The number of halogens is 1. The molecular weight excluding hydrogens is 263 g/mol. The minimum atomic E-state index is -3.79. The molecule has 2 N–H and O–H groups in total. The molecule has 0 spiro atoms. The fourth-order valence-corrected chi connectivity index (χ4v) is 3.06. The van der Waals surface area contributed by atoms with E-state index in [0.29, 0.717) is 0 Å². The van der Waals surface area contributed by atoms with Gasteiger partial charge in [0.1, 0.15) is 5.82 Å². The van der Waals surface area contributed by atoms with E-state index in [9.17, 15) is 17.6 Å². The maximum Gasteiger partial charge on any atom is 0.335 e. The first kappa shape index (κ1) is 14.6. The predicted molar refractivity (Wildman–Crippen MR) is 61.9 cm³/mol. The van der Waals surface area contributed by atoms with Gasteiger partial charge in [0.15, 0.2) is 9.84 Å². The smallest absolute Gasteiger partial charge is 0.335 e. The first-order valence-electron chi connectivity index (χ1n) is 5.16. The van der Waals surface area contributed by atoms with E-state index >= 15 is 0 Å². The number of sulfone groups is 1. The molecule has 100 valence electrons. The fraction of sp³-hybridized carbons (Fsp3) is 0.364. The quantitative estimate of drug-likeness (QED) is 0.836. The summed E-state index contributed by atoms with van der Waals surface area (Å²) in [6, 6.07) is 1.72. The van der Waals surface area contributed by atoms with E-state index < -0.39 is 27.2 Å². The molecule has 0 radical (unpaired) electrons. The topological polar surface area (TPSA) is 91.7 Å². The molecule has 0 aliphatic rings. The van der Waals surface area contributed by atoms with Crippen molar-refractivity contribution >= 4 is 15.8 Å². The third kappa shape index (κ3) is 3.05. The second-order valence-electron chi connectivity index (χ2n) is 3.78. The standard InChI is InChI=1S/C11H13FO5S/c1-7-9(12)5-8(11(14)15)6-10(7)18(16,17)4-2-3-13/h5-6,13H,2-4H2,1H3,(H,14,15). The van der Waals surface area contributed by atoms with Crippen molar-refractivity contribution in [3.63, 3.8) is 0 Å². The molecule has 1 rings (SSSR count). The number of aromatic carboxylic acids is 1. The number of carboxylic acid groups (broad SMARTS) is 1. The number of aliphatic hydroxyl groups excluding tert-OH is 1. The van der Waals surface area contributed by atoms with E-state index in [4.69, 9.17) is 10.2 Å². The average Bonchev–Trinajstić information content (AvgIpc) is 2.29. The predicted octanol–water partition coefficient (Wildman–Crippen LogP) is 0.988. The molecule has 18 heavy (non-hydrogen) atoms. The summed E-state index contributed by atoms with van der Waals surface area (Å²) in [5, 5.41) is 17.4. The molecule has 0 atom stereocenters. The van der Waals surface area contributed by atoms with Gasteiger partial charge in [-0.2, -0.15) is 0 Å². The van der Waals surface area contributed by atoms with Crippen LogP contribution in [-0.2, 0) is 9.84 Å². The number of aliphatic hydroxyl groups is 1. The second-order valence-corrected chi connectivity index (χ2v) is 5.86. The molecule has 0 amide bonds. The van der Waals surface area contributed by atoms with Crippen molar-refractivity contribution in [3.05, 3.63) is 29.1 Å². The molecule has 0 aromatic heterocycles. The van der Waals surface area contributed by atoms with Gasteiger partial charge in [-0.25, -0.2) is 17.6 Å². The molecule has 0 bridgehead atoms. The lowest BCUT2D eigenvalue weighted by Crippen LogP contribution is -2.12. The molecule has 7 heteroatoms. The Morgan fingerprint density at radius 1 is 1.39 bits per heavy atom. The van der Waals surface area contributed by atoms with Crippen LogP contribution in [0.25, 0.3) is 0 Å². The Morgan fingerprint density at radius 3 is 2.50 bits per heavy atom. The summed E-state index contributed by atoms with van der Waals surface area (Å²) in [5.74, 6) is -2.63. The van der Waals surface area contributed by atoms with Gasteiger partial charge in [0.25, 0.3) is 0 Å². The van der Waals surface area contributed by atoms with E-state index in [1.807, 2.05) is 0 Å². The van der Waals surface area contributed by atoms with Crippen LogP contribution in [0.5, 0.6) is 0 Å². The lowest BCUT2D eigenvalue weighted by atomic mass is 10.1. The van der Waals surface area contributed by atoms with Crippen LogP contribution in [0.2, 0.25) is 0 Å². The molecule has 0 heterocycles. The molecule has 0 aliphatic carbocycles. The maximum absolute atomic E-state index is 13.5. The zero-order chi connectivity index (χ0) is 13.9. The van der Waals surface area contributed by atoms with Crippen molar-refractivity contribution in [2.24, 2.45) is 0 Å². The van der Waals surface area contributed by atoms with Crippen molar-refractivity contribution < 1.29 is 27.8 Å². The summed E-state index contributed by atoms with van der Waals surface area (Å²) in [6.07, 6.45) is 0.0146. The first-order valence-corrected chi connectivity index (χ1v) is 6.82. The van der Waals surface area contributed by atoms with E-state index in [0.717, 1.165) is 12.1 Å². The molecule has 1 aromatic carbocycles. The van der Waals surface area contributed by atoms with Crippen LogP contribution < -0.4 is 0 Å². The highest BCUT2D eigenvalue weighted by Crippen LogP contribution is 2.22. The number of benzene rings is 1. The Balaban J connectivity index is 3.35. The van der Waals surface area contributed by atoms with Crippen LogP contribution >= 0.6 is 0 Å². The summed E-state index contributed by atoms with van der Waals surface area (Å²) in [7, 11) is -3.79. The highest BCUT2D eigenvalue weighted by Gasteiger charge is 2.21. The van der Waals surface area contributed by atoms with E-state index in [1.165, 1.54) is 6.92 Å². The summed E-state index contributed by atoms with van der Waals surface area (Å²) >= 11 is 0. The zero-order valence-electron chi connectivity index (χ0n) is 9.68. The number of hydrogen-bond acceptors (Lipinski definition) is 4. The largest absolute Gasteiger partial charge is 0.478 e. The minimum Gasteiger partial charge on any atom is -0.478 e. The summed E-state index contributed by atoms with van der Waals surface area (Å²) in [4.78, 5) is 10.4. The molecule has 5 nitrogen and oxygen atoms in total. The lowest BCUT2D eigenvalue weighted by Gasteiger charge is -2.09. The number of carbonyl (C=O) groups is 1. The Labute approximate surface area is 104 Å². The Bertz CT molecular complexity index is 565. The van der Waals surface area contributed by atoms with Crippen LogP contribution in [-0.4, -0.2) is 37.0 Å². The second kappa shape index (κ2) is 5.45. The van der Waals surface area contributed by atoms with Gasteiger partial charge in [0.05, 0.1) is 16.2 Å².